The number of nitrogens with two attached hydrogens (primary N) is 1. The Morgan fingerprint density at radius 1 is 1.24 bits per heavy atom. The highest BCUT2D eigenvalue weighted by atomic mass is 16.5. The summed E-state index contributed by atoms with van der Waals surface area (Å²) in [6.45, 7) is 2.72. The number of fused-ring (bicyclic) bond motifs is 1. The van der Waals surface area contributed by atoms with Crippen molar-refractivity contribution >= 4 is 11.0 Å². The zero-order valence-corrected chi connectivity index (χ0v) is 12.3. The van der Waals surface area contributed by atoms with E-state index in [4.69, 9.17) is 10.5 Å². The predicted molar refractivity (Wildman–Crippen MR) is 84.4 cm³/mol. The number of hydrogen-bond donors (Lipinski definition) is 1. The number of aryl methyl sites for hydroxylation is 1. The molecule has 0 aliphatic rings. The lowest BCUT2D eigenvalue weighted by atomic mass is 10.0. The average molecular weight is 281 g/mol. The van der Waals surface area contributed by atoms with Gasteiger partial charge in [0.05, 0.1) is 30.5 Å². The van der Waals surface area contributed by atoms with Gasteiger partial charge in [-0.3, -0.25) is 0 Å². The standard InChI is InChI=1S/C17H19N3O/c1-12-7-8-17(21-2)13(9-12)14(18)10-20-11-19-15-5-3-4-6-16(15)20/h3-9,11,14H,10,18H2,1-2H3. The molecule has 1 atom stereocenters. The topological polar surface area (TPSA) is 53.1 Å². The van der Waals surface area contributed by atoms with Gasteiger partial charge in [-0.2, -0.15) is 0 Å². The van der Waals surface area contributed by atoms with E-state index in [-0.39, 0.29) is 6.04 Å². The number of nitrogens with zero attached hydrogens (tertiary/aromatic N) is 2. The molecule has 2 aromatic carbocycles. The lowest BCUT2D eigenvalue weighted by Crippen LogP contribution is -2.18. The third kappa shape index (κ3) is 2.62. The Morgan fingerprint density at radius 3 is 2.86 bits per heavy atom. The van der Waals surface area contributed by atoms with Gasteiger partial charge in [-0.05, 0) is 25.1 Å². The summed E-state index contributed by atoms with van der Waals surface area (Å²) >= 11 is 0. The number of benzene rings is 2. The number of para-hydroxylation sites is 2. The van der Waals surface area contributed by atoms with E-state index in [0.29, 0.717) is 6.54 Å². The van der Waals surface area contributed by atoms with Crippen molar-refractivity contribution < 1.29 is 4.74 Å². The Kier molecular flexibility index (Phi) is 3.62. The first-order chi connectivity index (χ1) is 10.2. The van der Waals surface area contributed by atoms with Crippen LogP contribution in [-0.4, -0.2) is 16.7 Å². The van der Waals surface area contributed by atoms with Crippen molar-refractivity contribution in [2.75, 3.05) is 7.11 Å². The maximum atomic E-state index is 6.39. The Hall–Kier alpha value is -2.33. The molecule has 0 radical (unpaired) electrons. The van der Waals surface area contributed by atoms with Crippen LogP contribution >= 0.6 is 0 Å². The van der Waals surface area contributed by atoms with E-state index in [1.807, 2.05) is 36.7 Å². The first-order valence-electron chi connectivity index (χ1n) is 6.99. The molecule has 0 aliphatic heterocycles. The fraction of sp³-hybridized carbons (Fsp3) is 0.235. The molecule has 3 rings (SSSR count). The first kappa shape index (κ1) is 13.6. The summed E-state index contributed by atoms with van der Waals surface area (Å²) in [5.41, 5.74) is 10.7. The fourth-order valence-corrected chi connectivity index (χ4v) is 2.61. The summed E-state index contributed by atoms with van der Waals surface area (Å²) in [6, 6.07) is 14.0. The lowest BCUT2D eigenvalue weighted by molar-refractivity contribution is 0.402. The van der Waals surface area contributed by atoms with Crippen LogP contribution in [0.2, 0.25) is 0 Å². The summed E-state index contributed by atoms with van der Waals surface area (Å²) in [6.07, 6.45) is 1.84. The highest BCUT2D eigenvalue weighted by Crippen LogP contribution is 2.26. The van der Waals surface area contributed by atoms with Gasteiger partial charge in [0.1, 0.15) is 5.75 Å². The van der Waals surface area contributed by atoms with Crippen molar-refractivity contribution in [2.24, 2.45) is 5.73 Å². The third-order valence-corrected chi connectivity index (χ3v) is 3.71. The molecule has 0 saturated heterocycles. The summed E-state index contributed by atoms with van der Waals surface area (Å²) in [5.74, 6) is 0.831. The van der Waals surface area contributed by atoms with Gasteiger partial charge in [0.15, 0.2) is 0 Å². The Labute approximate surface area is 124 Å². The second-order valence-electron chi connectivity index (χ2n) is 5.24. The van der Waals surface area contributed by atoms with Gasteiger partial charge in [0, 0.05) is 12.1 Å². The molecule has 108 valence electrons. The molecule has 4 nitrogen and oxygen atoms in total. The molecular formula is C17H19N3O. The van der Waals surface area contributed by atoms with Crippen molar-refractivity contribution in [3.63, 3.8) is 0 Å². The second kappa shape index (κ2) is 5.58. The maximum Gasteiger partial charge on any atom is 0.123 e. The van der Waals surface area contributed by atoms with E-state index in [1.165, 1.54) is 5.56 Å². The lowest BCUT2D eigenvalue weighted by Gasteiger charge is -2.17. The molecule has 1 aromatic heterocycles. The number of aromatic nitrogens is 2. The molecule has 0 amide bonds. The Morgan fingerprint density at radius 2 is 2.05 bits per heavy atom. The predicted octanol–water partition coefficient (Wildman–Crippen LogP) is 3.05. The van der Waals surface area contributed by atoms with E-state index >= 15 is 0 Å². The normalized spacial score (nSPS) is 12.5. The molecule has 0 aliphatic carbocycles. The van der Waals surface area contributed by atoms with Crippen molar-refractivity contribution in [3.05, 3.63) is 59.9 Å². The smallest absolute Gasteiger partial charge is 0.123 e. The number of imidazole rings is 1. The fourth-order valence-electron chi connectivity index (χ4n) is 2.61. The van der Waals surface area contributed by atoms with Crippen molar-refractivity contribution in [1.29, 1.82) is 0 Å². The Bertz CT molecular complexity index is 764. The van der Waals surface area contributed by atoms with Crippen molar-refractivity contribution in [3.8, 4) is 5.75 Å². The van der Waals surface area contributed by atoms with Crippen LogP contribution in [0.3, 0.4) is 0 Å². The zero-order valence-electron chi connectivity index (χ0n) is 12.3. The summed E-state index contributed by atoms with van der Waals surface area (Å²) in [5, 5.41) is 0. The maximum absolute atomic E-state index is 6.39. The van der Waals surface area contributed by atoms with Gasteiger partial charge in [0.2, 0.25) is 0 Å². The molecule has 1 unspecified atom stereocenters. The number of rotatable bonds is 4. The monoisotopic (exact) mass is 281 g/mol. The van der Waals surface area contributed by atoms with Gasteiger partial charge >= 0.3 is 0 Å². The molecule has 21 heavy (non-hydrogen) atoms. The zero-order chi connectivity index (χ0) is 14.8. The van der Waals surface area contributed by atoms with Crippen LogP contribution in [0.25, 0.3) is 11.0 Å². The Balaban J connectivity index is 1.93. The molecule has 3 aromatic rings. The van der Waals surface area contributed by atoms with Crippen LogP contribution < -0.4 is 10.5 Å². The van der Waals surface area contributed by atoms with Crippen LogP contribution in [0, 0.1) is 6.92 Å². The average Bonchev–Trinajstić information content (AvgIpc) is 2.90. The summed E-state index contributed by atoms with van der Waals surface area (Å²) < 4.78 is 7.51. The molecule has 4 heteroatoms. The molecule has 2 N–H and O–H groups in total. The molecule has 0 spiro atoms. The summed E-state index contributed by atoms with van der Waals surface area (Å²) in [4.78, 5) is 4.40. The minimum atomic E-state index is -0.141. The highest BCUT2D eigenvalue weighted by molar-refractivity contribution is 5.74. The SMILES string of the molecule is COc1ccc(C)cc1C(N)Cn1cnc2ccccc21. The van der Waals surface area contributed by atoms with E-state index in [2.05, 4.69) is 28.6 Å². The van der Waals surface area contributed by atoms with Crippen LogP contribution in [-0.2, 0) is 6.54 Å². The highest BCUT2D eigenvalue weighted by Gasteiger charge is 2.14. The minimum Gasteiger partial charge on any atom is -0.496 e. The van der Waals surface area contributed by atoms with E-state index in [9.17, 15) is 0 Å². The van der Waals surface area contributed by atoms with Crippen LogP contribution in [0.15, 0.2) is 48.8 Å². The number of hydrogen-bond acceptors (Lipinski definition) is 3. The largest absolute Gasteiger partial charge is 0.496 e. The van der Waals surface area contributed by atoms with E-state index in [0.717, 1.165) is 22.3 Å². The minimum absolute atomic E-state index is 0.141. The molecule has 0 saturated carbocycles. The van der Waals surface area contributed by atoms with Gasteiger partial charge in [-0.15, -0.1) is 0 Å². The summed E-state index contributed by atoms with van der Waals surface area (Å²) in [7, 11) is 1.67. The van der Waals surface area contributed by atoms with E-state index < -0.39 is 0 Å². The van der Waals surface area contributed by atoms with Gasteiger partial charge in [0.25, 0.3) is 0 Å². The molecular weight excluding hydrogens is 262 g/mol. The molecule has 0 fully saturated rings. The van der Waals surface area contributed by atoms with Crippen LogP contribution in [0.4, 0.5) is 0 Å². The van der Waals surface area contributed by atoms with Crippen LogP contribution in [0.1, 0.15) is 17.2 Å². The van der Waals surface area contributed by atoms with Gasteiger partial charge in [-0.25, -0.2) is 4.98 Å². The van der Waals surface area contributed by atoms with Crippen molar-refractivity contribution in [2.45, 2.75) is 19.5 Å². The molecule has 1 heterocycles. The van der Waals surface area contributed by atoms with Crippen LogP contribution in [0.5, 0.6) is 5.75 Å². The number of methoxy groups -OCH3 is 1. The van der Waals surface area contributed by atoms with Crippen molar-refractivity contribution in [1.82, 2.24) is 9.55 Å². The quantitative estimate of drug-likeness (QED) is 0.799. The number of ether oxygens (including phenoxy) is 1. The first-order valence-corrected chi connectivity index (χ1v) is 6.99. The molecule has 0 bridgehead atoms. The van der Waals surface area contributed by atoms with E-state index in [1.54, 1.807) is 7.11 Å². The van der Waals surface area contributed by atoms with Gasteiger partial charge < -0.3 is 15.0 Å². The second-order valence-corrected chi connectivity index (χ2v) is 5.24. The van der Waals surface area contributed by atoms with Gasteiger partial charge in [-0.1, -0.05) is 29.8 Å². The third-order valence-electron chi connectivity index (χ3n) is 3.71.